The van der Waals surface area contributed by atoms with E-state index in [1.807, 2.05) is 6.92 Å². The minimum Gasteiger partial charge on any atom is -0.477 e. The molecule has 0 fully saturated rings. The number of rotatable bonds is 2. The van der Waals surface area contributed by atoms with Gasteiger partial charge in [0.2, 0.25) is 0 Å². The third kappa shape index (κ3) is 6.39. The van der Waals surface area contributed by atoms with Gasteiger partial charge in [0.25, 0.3) is 10.1 Å². The summed E-state index contributed by atoms with van der Waals surface area (Å²) in [6.45, 7) is 1.84. The number of nitrogens with zero attached hydrogens (tertiary/aromatic N) is 1. The van der Waals surface area contributed by atoms with Crippen molar-refractivity contribution in [3.05, 3.63) is 53.0 Å². The quantitative estimate of drug-likeness (QED) is 0.639. The van der Waals surface area contributed by atoms with Crippen LogP contribution in [0.15, 0.2) is 56.7 Å². The van der Waals surface area contributed by atoms with Crippen molar-refractivity contribution in [2.24, 2.45) is 4.40 Å². The Bertz CT molecular complexity index is 688. The normalized spacial score (nSPS) is 13.7. The van der Waals surface area contributed by atoms with Gasteiger partial charge in [0, 0.05) is 18.2 Å². The van der Waals surface area contributed by atoms with E-state index in [-0.39, 0.29) is 9.80 Å². The van der Waals surface area contributed by atoms with Crippen LogP contribution in [0.3, 0.4) is 0 Å². The van der Waals surface area contributed by atoms with Crippen LogP contribution in [0.5, 0.6) is 0 Å². The van der Waals surface area contributed by atoms with Crippen molar-refractivity contribution in [1.29, 1.82) is 0 Å². The fourth-order valence-electron chi connectivity index (χ4n) is 1.17. The SMILES string of the molecule is Cc1ccc(S(=O)(=O)O)cc1.O=C(O)C1=CC=CC=NS1. The predicted molar refractivity (Wildman–Crippen MR) is 81.9 cm³/mol. The molecule has 112 valence electrons. The van der Waals surface area contributed by atoms with E-state index in [9.17, 15) is 13.2 Å². The molecule has 1 aliphatic rings. The van der Waals surface area contributed by atoms with E-state index in [1.165, 1.54) is 18.2 Å². The number of carboxylic acids is 1. The highest BCUT2D eigenvalue weighted by Gasteiger charge is 2.07. The van der Waals surface area contributed by atoms with Crippen LogP contribution in [0.2, 0.25) is 0 Å². The first-order chi connectivity index (χ1) is 9.80. The molecule has 0 spiro atoms. The van der Waals surface area contributed by atoms with Gasteiger partial charge < -0.3 is 5.11 Å². The fraction of sp³-hybridized carbons (Fsp3) is 0.0769. The molecule has 2 N–H and O–H groups in total. The zero-order valence-corrected chi connectivity index (χ0v) is 12.6. The molecule has 0 aliphatic carbocycles. The maximum absolute atomic E-state index is 10.5. The van der Waals surface area contributed by atoms with Gasteiger partial charge in [0.15, 0.2) is 0 Å². The molecule has 0 unspecified atom stereocenters. The van der Waals surface area contributed by atoms with Gasteiger partial charge in [-0.3, -0.25) is 4.55 Å². The van der Waals surface area contributed by atoms with Crippen LogP contribution in [0.25, 0.3) is 0 Å². The molecule has 21 heavy (non-hydrogen) atoms. The van der Waals surface area contributed by atoms with Gasteiger partial charge >= 0.3 is 5.97 Å². The van der Waals surface area contributed by atoms with Gasteiger partial charge in [-0.2, -0.15) is 8.42 Å². The third-order valence-electron chi connectivity index (χ3n) is 2.19. The lowest BCUT2D eigenvalue weighted by molar-refractivity contribution is -0.131. The summed E-state index contributed by atoms with van der Waals surface area (Å²) < 4.78 is 33.3. The van der Waals surface area contributed by atoms with Gasteiger partial charge in [0.05, 0.1) is 4.90 Å². The molecule has 1 heterocycles. The predicted octanol–water partition coefficient (Wildman–Crippen LogP) is 2.49. The Balaban J connectivity index is 0.000000211. The highest BCUT2D eigenvalue weighted by Crippen LogP contribution is 2.17. The number of allylic oxidation sites excluding steroid dienone is 3. The lowest BCUT2D eigenvalue weighted by atomic mass is 10.2. The molecule has 0 amide bonds. The number of carbonyl (C=O) groups is 1. The molecule has 0 radical (unpaired) electrons. The van der Waals surface area contributed by atoms with Crippen LogP contribution in [0.1, 0.15) is 5.56 Å². The number of aryl methyl sites for hydroxylation is 1. The van der Waals surface area contributed by atoms with E-state index >= 15 is 0 Å². The monoisotopic (exact) mass is 327 g/mol. The summed E-state index contributed by atoms with van der Waals surface area (Å²) in [5.74, 6) is -0.936. The molecule has 0 bridgehead atoms. The molecule has 1 aliphatic heterocycles. The zero-order chi connectivity index (χ0) is 15.9. The Kier molecular flexibility index (Phi) is 6.35. The Hall–Kier alpha value is -1.90. The maximum atomic E-state index is 10.5. The zero-order valence-electron chi connectivity index (χ0n) is 11.0. The van der Waals surface area contributed by atoms with E-state index < -0.39 is 16.1 Å². The first kappa shape index (κ1) is 17.2. The van der Waals surface area contributed by atoms with Crippen molar-refractivity contribution in [2.45, 2.75) is 11.8 Å². The molecule has 0 saturated carbocycles. The molecule has 1 aromatic rings. The van der Waals surface area contributed by atoms with E-state index in [4.69, 9.17) is 9.66 Å². The number of aliphatic carboxylic acids is 1. The molecule has 0 saturated heterocycles. The van der Waals surface area contributed by atoms with Crippen molar-refractivity contribution in [3.8, 4) is 0 Å². The summed E-state index contributed by atoms with van der Waals surface area (Å²) in [6.07, 6.45) is 6.40. The molecular formula is C13H13NO5S2. The second kappa shape index (κ2) is 7.77. The van der Waals surface area contributed by atoms with E-state index in [1.54, 1.807) is 30.5 Å². The Labute approximate surface area is 126 Å². The standard InChI is InChI=1S/C7H8O3S.C6H5NO2S/c1-6-2-4-7(5-3-6)11(8,9)10;8-6(9)5-3-1-2-4-7-10-5/h2-5H,1H3,(H,8,9,10);1-4H,(H,8,9). The van der Waals surface area contributed by atoms with Crippen molar-refractivity contribution in [3.63, 3.8) is 0 Å². The van der Waals surface area contributed by atoms with Crippen LogP contribution < -0.4 is 0 Å². The van der Waals surface area contributed by atoms with Gasteiger partial charge in [-0.05, 0) is 31.2 Å². The number of benzene rings is 1. The van der Waals surface area contributed by atoms with Crippen LogP contribution in [0.4, 0.5) is 0 Å². The molecule has 0 atom stereocenters. The molecule has 0 aromatic heterocycles. The van der Waals surface area contributed by atoms with Crippen molar-refractivity contribution < 1.29 is 22.9 Å². The summed E-state index contributed by atoms with van der Waals surface area (Å²) in [5.41, 5.74) is 0.956. The second-order valence-corrected chi connectivity index (χ2v) is 6.11. The topological polar surface area (TPSA) is 104 Å². The minimum absolute atomic E-state index is 0.0666. The molecular weight excluding hydrogens is 314 g/mol. The van der Waals surface area contributed by atoms with Crippen LogP contribution in [-0.2, 0) is 14.9 Å². The van der Waals surface area contributed by atoms with Gasteiger partial charge in [0.1, 0.15) is 4.91 Å². The highest BCUT2D eigenvalue weighted by atomic mass is 32.2. The first-order valence-electron chi connectivity index (χ1n) is 5.65. The smallest absolute Gasteiger partial charge is 0.344 e. The molecule has 2 rings (SSSR count). The largest absolute Gasteiger partial charge is 0.477 e. The summed E-state index contributed by atoms with van der Waals surface area (Å²) in [4.78, 5) is 10.5. The van der Waals surface area contributed by atoms with Gasteiger partial charge in [-0.1, -0.05) is 23.8 Å². The summed E-state index contributed by atoms with van der Waals surface area (Å²) in [7, 11) is -4.02. The van der Waals surface area contributed by atoms with Crippen LogP contribution in [-0.4, -0.2) is 30.3 Å². The average Bonchev–Trinajstić information content (AvgIpc) is 2.67. The Morgan fingerprint density at radius 1 is 1.19 bits per heavy atom. The highest BCUT2D eigenvalue weighted by molar-refractivity contribution is 8.02. The van der Waals surface area contributed by atoms with Crippen molar-refractivity contribution in [1.82, 2.24) is 0 Å². The first-order valence-corrected chi connectivity index (χ1v) is 7.87. The second-order valence-electron chi connectivity index (χ2n) is 3.85. The van der Waals surface area contributed by atoms with Crippen molar-refractivity contribution in [2.75, 3.05) is 0 Å². The summed E-state index contributed by atoms with van der Waals surface area (Å²) in [6, 6.07) is 5.99. The molecule has 1 aromatic carbocycles. The number of carboxylic acid groups (broad SMARTS) is 1. The number of hydrogen-bond donors (Lipinski definition) is 2. The lowest BCUT2D eigenvalue weighted by Crippen LogP contribution is -1.96. The van der Waals surface area contributed by atoms with Gasteiger partial charge in [-0.25, -0.2) is 9.19 Å². The van der Waals surface area contributed by atoms with E-state index in [2.05, 4.69) is 4.40 Å². The summed E-state index contributed by atoms with van der Waals surface area (Å²) >= 11 is 0.961. The average molecular weight is 327 g/mol. The van der Waals surface area contributed by atoms with Crippen molar-refractivity contribution >= 4 is 34.2 Å². The van der Waals surface area contributed by atoms with E-state index in [0.717, 1.165) is 17.5 Å². The van der Waals surface area contributed by atoms with Crippen LogP contribution >= 0.6 is 11.9 Å². The fourth-order valence-corrected chi connectivity index (χ4v) is 2.11. The summed E-state index contributed by atoms with van der Waals surface area (Å²) in [5, 5.41) is 8.47. The van der Waals surface area contributed by atoms with Gasteiger partial charge in [-0.15, -0.1) is 0 Å². The minimum atomic E-state index is -4.02. The number of hydrogen-bond acceptors (Lipinski definition) is 5. The Morgan fingerprint density at radius 2 is 1.81 bits per heavy atom. The maximum Gasteiger partial charge on any atom is 0.344 e. The van der Waals surface area contributed by atoms with E-state index in [0.29, 0.717) is 0 Å². The molecule has 6 nitrogen and oxygen atoms in total. The van der Waals surface area contributed by atoms with Crippen LogP contribution in [0, 0.1) is 6.92 Å². The molecule has 8 heteroatoms. The third-order valence-corrected chi connectivity index (χ3v) is 3.79. The Morgan fingerprint density at radius 3 is 2.33 bits per heavy atom. The lowest BCUT2D eigenvalue weighted by Gasteiger charge is -1.95.